The van der Waals surface area contributed by atoms with Crippen LogP contribution in [0.25, 0.3) is 0 Å². The summed E-state index contributed by atoms with van der Waals surface area (Å²) in [6, 6.07) is 11.1. The summed E-state index contributed by atoms with van der Waals surface area (Å²) in [4.78, 5) is 0. The highest BCUT2D eigenvalue weighted by molar-refractivity contribution is 5.16. The molecular weight excluding hydrogens is 248 g/mol. The third-order valence-electron chi connectivity index (χ3n) is 4.51. The van der Waals surface area contributed by atoms with E-state index in [2.05, 4.69) is 50.4 Å². The zero-order valence-electron chi connectivity index (χ0n) is 12.9. The lowest BCUT2D eigenvalue weighted by atomic mass is 9.64. The fourth-order valence-electron chi connectivity index (χ4n) is 3.00. The smallest absolute Gasteiger partial charge is 0.0655 e. The van der Waals surface area contributed by atoms with E-state index < -0.39 is 0 Å². The SMILES string of the molecule is CCOC1CC(NCC(N)Cc2ccccc2)C1(C)C. The van der Waals surface area contributed by atoms with Crippen molar-refractivity contribution >= 4 is 0 Å². The molecule has 0 spiro atoms. The molecular formula is C17H28N2O. The Hall–Kier alpha value is -0.900. The Morgan fingerprint density at radius 2 is 2.05 bits per heavy atom. The van der Waals surface area contributed by atoms with Crippen molar-refractivity contribution in [2.24, 2.45) is 11.1 Å². The van der Waals surface area contributed by atoms with Crippen LogP contribution < -0.4 is 11.1 Å². The zero-order chi connectivity index (χ0) is 14.6. The maximum atomic E-state index is 6.22. The molecule has 0 bridgehead atoms. The van der Waals surface area contributed by atoms with Gasteiger partial charge in [-0.3, -0.25) is 0 Å². The summed E-state index contributed by atoms with van der Waals surface area (Å²) in [6.45, 7) is 8.28. The number of ether oxygens (including phenoxy) is 1. The van der Waals surface area contributed by atoms with E-state index in [1.165, 1.54) is 5.56 Å². The molecule has 0 aliphatic heterocycles. The van der Waals surface area contributed by atoms with Crippen molar-refractivity contribution in [1.82, 2.24) is 5.32 Å². The summed E-state index contributed by atoms with van der Waals surface area (Å²) in [5, 5.41) is 3.61. The van der Waals surface area contributed by atoms with E-state index in [4.69, 9.17) is 10.5 Å². The van der Waals surface area contributed by atoms with Crippen molar-refractivity contribution in [3.8, 4) is 0 Å². The van der Waals surface area contributed by atoms with Crippen LogP contribution >= 0.6 is 0 Å². The van der Waals surface area contributed by atoms with Gasteiger partial charge in [0.1, 0.15) is 0 Å². The molecule has 0 amide bonds. The van der Waals surface area contributed by atoms with Crippen LogP contribution in [0.4, 0.5) is 0 Å². The minimum Gasteiger partial charge on any atom is -0.378 e. The van der Waals surface area contributed by atoms with Crippen molar-refractivity contribution in [2.75, 3.05) is 13.2 Å². The van der Waals surface area contributed by atoms with Gasteiger partial charge in [-0.25, -0.2) is 0 Å². The van der Waals surface area contributed by atoms with E-state index in [0.717, 1.165) is 26.0 Å². The summed E-state index contributed by atoms with van der Waals surface area (Å²) in [5.41, 5.74) is 7.74. The molecule has 112 valence electrons. The van der Waals surface area contributed by atoms with Crippen LogP contribution in [0.15, 0.2) is 30.3 Å². The van der Waals surface area contributed by atoms with E-state index >= 15 is 0 Å². The second-order valence-corrected chi connectivity index (χ2v) is 6.41. The lowest BCUT2D eigenvalue weighted by Gasteiger charge is -2.52. The number of rotatable bonds is 7. The molecule has 0 heterocycles. The van der Waals surface area contributed by atoms with E-state index in [1.807, 2.05) is 6.07 Å². The molecule has 1 aromatic carbocycles. The van der Waals surface area contributed by atoms with E-state index in [9.17, 15) is 0 Å². The molecule has 2 rings (SSSR count). The predicted molar refractivity (Wildman–Crippen MR) is 83.7 cm³/mol. The maximum Gasteiger partial charge on any atom is 0.0655 e. The Bertz CT molecular complexity index is 405. The molecule has 1 aliphatic rings. The van der Waals surface area contributed by atoms with Gasteiger partial charge in [-0.1, -0.05) is 44.2 Å². The van der Waals surface area contributed by atoms with Gasteiger partial charge in [0.05, 0.1) is 6.10 Å². The third-order valence-corrected chi connectivity index (χ3v) is 4.51. The van der Waals surface area contributed by atoms with Gasteiger partial charge in [0.15, 0.2) is 0 Å². The number of nitrogens with one attached hydrogen (secondary N) is 1. The van der Waals surface area contributed by atoms with Gasteiger partial charge in [0, 0.05) is 30.7 Å². The Labute approximate surface area is 122 Å². The van der Waals surface area contributed by atoms with Crippen LogP contribution in [0.3, 0.4) is 0 Å². The van der Waals surface area contributed by atoms with Crippen molar-refractivity contribution in [3.05, 3.63) is 35.9 Å². The molecule has 0 radical (unpaired) electrons. The second kappa shape index (κ2) is 6.70. The lowest BCUT2D eigenvalue weighted by Crippen LogP contribution is -2.62. The average molecular weight is 276 g/mol. The molecule has 3 heteroatoms. The van der Waals surface area contributed by atoms with Gasteiger partial charge in [0.25, 0.3) is 0 Å². The lowest BCUT2D eigenvalue weighted by molar-refractivity contribution is -0.114. The first-order valence-electron chi connectivity index (χ1n) is 7.68. The number of benzene rings is 1. The van der Waals surface area contributed by atoms with Crippen molar-refractivity contribution in [3.63, 3.8) is 0 Å². The van der Waals surface area contributed by atoms with Gasteiger partial charge in [-0.15, -0.1) is 0 Å². The van der Waals surface area contributed by atoms with E-state index in [1.54, 1.807) is 0 Å². The molecule has 3 atom stereocenters. The summed E-state index contributed by atoms with van der Waals surface area (Å²) >= 11 is 0. The molecule has 1 saturated carbocycles. The molecule has 1 aliphatic carbocycles. The van der Waals surface area contributed by atoms with E-state index in [-0.39, 0.29) is 11.5 Å². The standard InChI is InChI=1S/C17H28N2O/c1-4-20-16-11-15(17(16,2)3)19-12-14(18)10-13-8-6-5-7-9-13/h5-9,14-16,19H,4,10-12,18H2,1-3H3. The minimum atomic E-state index is 0.166. The topological polar surface area (TPSA) is 47.3 Å². The fourth-order valence-corrected chi connectivity index (χ4v) is 3.00. The van der Waals surface area contributed by atoms with Gasteiger partial charge in [-0.05, 0) is 25.3 Å². The summed E-state index contributed by atoms with van der Waals surface area (Å²) in [7, 11) is 0. The highest BCUT2D eigenvalue weighted by Gasteiger charge is 2.48. The molecule has 3 unspecified atom stereocenters. The fraction of sp³-hybridized carbons (Fsp3) is 0.647. The van der Waals surface area contributed by atoms with Crippen LogP contribution in [0.1, 0.15) is 32.8 Å². The molecule has 20 heavy (non-hydrogen) atoms. The van der Waals surface area contributed by atoms with Gasteiger partial charge >= 0.3 is 0 Å². The third kappa shape index (κ3) is 3.60. The summed E-state index contributed by atoms with van der Waals surface area (Å²) in [5.74, 6) is 0. The first kappa shape index (κ1) is 15.5. The van der Waals surface area contributed by atoms with Crippen molar-refractivity contribution in [2.45, 2.75) is 51.8 Å². The zero-order valence-corrected chi connectivity index (χ0v) is 12.9. The highest BCUT2D eigenvalue weighted by atomic mass is 16.5. The molecule has 0 saturated heterocycles. The average Bonchev–Trinajstić information content (AvgIpc) is 2.43. The molecule has 3 nitrogen and oxygen atoms in total. The van der Waals surface area contributed by atoms with Crippen LogP contribution in [-0.4, -0.2) is 31.3 Å². The molecule has 1 aromatic rings. The van der Waals surface area contributed by atoms with Gasteiger partial charge in [-0.2, -0.15) is 0 Å². The Morgan fingerprint density at radius 3 is 2.65 bits per heavy atom. The first-order chi connectivity index (χ1) is 9.54. The van der Waals surface area contributed by atoms with Crippen LogP contribution in [0, 0.1) is 5.41 Å². The number of hydrogen-bond donors (Lipinski definition) is 2. The minimum absolute atomic E-state index is 0.166. The second-order valence-electron chi connectivity index (χ2n) is 6.41. The van der Waals surface area contributed by atoms with Crippen LogP contribution in [-0.2, 0) is 11.2 Å². The highest BCUT2D eigenvalue weighted by Crippen LogP contribution is 2.42. The van der Waals surface area contributed by atoms with Gasteiger partial charge in [0.2, 0.25) is 0 Å². The Morgan fingerprint density at radius 1 is 1.35 bits per heavy atom. The summed E-state index contributed by atoms with van der Waals surface area (Å²) < 4.78 is 5.75. The molecule has 3 N–H and O–H groups in total. The van der Waals surface area contributed by atoms with E-state index in [0.29, 0.717) is 12.1 Å². The van der Waals surface area contributed by atoms with Crippen LogP contribution in [0.5, 0.6) is 0 Å². The largest absolute Gasteiger partial charge is 0.378 e. The van der Waals surface area contributed by atoms with Crippen LogP contribution in [0.2, 0.25) is 0 Å². The Balaban J connectivity index is 1.73. The van der Waals surface area contributed by atoms with Crippen molar-refractivity contribution < 1.29 is 4.74 Å². The molecule has 0 aromatic heterocycles. The quantitative estimate of drug-likeness (QED) is 0.803. The number of hydrogen-bond acceptors (Lipinski definition) is 3. The first-order valence-corrected chi connectivity index (χ1v) is 7.68. The van der Waals surface area contributed by atoms with Gasteiger partial charge < -0.3 is 15.8 Å². The normalized spacial score (nSPS) is 26.0. The molecule has 1 fully saturated rings. The maximum absolute atomic E-state index is 6.22. The Kier molecular flexibility index (Phi) is 5.19. The predicted octanol–water partition coefficient (Wildman–Crippen LogP) is 2.35. The van der Waals surface area contributed by atoms with Crippen molar-refractivity contribution in [1.29, 1.82) is 0 Å². The monoisotopic (exact) mass is 276 g/mol. The number of nitrogens with two attached hydrogens (primary N) is 1. The summed E-state index contributed by atoms with van der Waals surface area (Å²) in [6.07, 6.45) is 2.41.